The SMILES string of the molecule is CC(=O)c1ccc(OCc2ccc(Br)cc2)c(Br)c1. The molecule has 4 heteroatoms. The standard InChI is InChI=1S/C15H12Br2O2/c1-10(18)12-4-7-15(14(17)8-12)19-9-11-2-5-13(16)6-3-11/h2-8H,9H2,1H3. The Balaban J connectivity index is 2.07. The van der Waals surface area contributed by atoms with Crippen LogP contribution >= 0.6 is 31.9 Å². The zero-order valence-electron chi connectivity index (χ0n) is 10.3. The van der Waals surface area contributed by atoms with Crippen LogP contribution in [-0.2, 0) is 6.61 Å². The van der Waals surface area contributed by atoms with Crippen LogP contribution in [0.1, 0.15) is 22.8 Å². The number of benzene rings is 2. The molecule has 0 saturated heterocycles. The highest BCUT2D eigenvalue weighted by Crippen LogP contribution is 2.27. The maximum atomic E-state index is 11.3. The van der Waals surface area contributed by atoms with E-state index in [-0.39, 0.29) is 5.78 Å². The fraction of sp³-hybridized carbons (Fsp3) is 0.133. The molecule has 0 atom stereocenters. The molecule has 2 aromatic rings. The molecule has 2 aromatic carbocycles. The Labute approximate surface area is 129 Å². The number of halogens is 2. The minimum Gasteiger partial charge on any atom is -0.488 e. The number of hydrogen-bond acceptors (Lipinski definition) is 2. The zero-order valence-corrected chi connectivity index (χ0v) is 13.5. The van der Waals surface area contributed by atoms with Crippen LogP contribution in [0.25, 0.3) is 0 Å². The number of ketones is 1. The van der Waals surface area contributed by atoms with Gasteiger partial charge in [-0.05, 0) is 58.7 Å². The molecular formula is C15H12Br2O2. The van der Waals surface area contributed by atoms with E-state index >= 15 is 0 Å². The molecule has 0 unspecified atom stereocenters. The number of carbonyl (C=O) groups is 1. The third-order valence-corrected chi connectivity index (χ3v) is 3.79. The summed E-state index contributed by atoms with van der Waals surface area (Å²) in [5.41, 5.74) is 1.76. The Morgan fingerprint density at radius 2 is 1.79 bits per heavy atom. The average Bonchev–Trinajstić information content (AvgIpc) is 2.39. The first-order chi connectivity index (χ1) is 9.06. The summed E-state index contributed by atoms with van der Waals surface area (Å²) in [6.45, 7) is 2.04. The molecule has 0 aliphatic rings. The van der Waals surface area contributed by atoms with Crippen molar-refractivity contribution in [2.24, 2.45) is 0 Å². The van der Waals surface area contributed by atoms with E-state index in [0.717, 1.165) is 20.3 Å². The lowest BCUT2D eigenvalue weighted by molar-refractivity contribution is 0.101. The average molecular weight is 384 g/mol. The van der Waals surface area contributed by atoms with Gasteiger partial charge in [-0.2, -0.15) is 0 Å². The highest BCUT2D eigenvalue weighted by molar-refractivity contribution is 9.10. The first-order valence-corrected chi connectivity index (χ1v) is 7.32. The predicted molar refractivity (Wildman–Crippen MR) is 82.6 cm³/mol. The largest absolute Gasteiger partial charge is 0.488 e. The van der Waals surface area contributed by atoms with Crippen molar-refractivity contribution in [3.8, 4) is 5.75 Å². The smallest absolute Gasteiger partial charge is 0.159 e. The van der Waals surface area contributed by atoms with Gasteiger partial charge in [0.05, 0.1) is 4.47 Å². The molecule has 0 bridgehead atoms. The second kappa shape index (κ2) is 6.35. The molecular weight excluding hydrogens is 372 g/mol. The minimum atomic E-state index is 0.0418. The quantitative estimate of drug-likeness (QED) is 0.695. The molecule has 0 aromatic heterocycles. The van der Waals surface area contributed by atoms with Gasteiger partial charge in [0.25, 0.3) is 0 Å². The van der Waals surface area contributed by atoms with Crippen LogP contribution in [0.3, 0.4) is 0 Å². The third-order valence-electron chi connectivity index (χ3n) is 2.65. The maximum Gasteiger partial charge on any atom is 0.159 e. The summed E-state index contributed by atoms with van der Waals surface area (Å²) in [7, 11) is 0. The van der Waals surface area contributed by atoms with Crippen LogP contribution in [0.15, 0.2) is 51.4 Å². The number of ether oxygens (including phenoxy) is 1. The summed E-state index contributed by atoms with van der Waals surface area (Å²) >= 11 is 6.81. The van der Waals surface area contributed by atoms with Crippen molar-refractivity contribution in [3.63, 3.8) is 0 Å². The molecule has 0 aliphatic heterocycles. The van der Waals surface area contributed by atoms with E-state index in [2.05, 4.69) is 31.9 Å². The van der Waals surface area contributed by atoms with E-state index in [4.69, 9.17) is 4.74 Å². The summed E-state index contributed by atoms with van der Waals surface area (Å²) in [5, 5.41) is 0. The van der Waals surface area contributed by atoms with Gasteiger partial charge >= 0.3 is 0 Å². The Bertz CT molecular complexity index is 592. The molecule has 0 saturated carbocycles. The Morgan fingerprint density at radius 3 is 2.37 bits per heavy atom. The Morgan fingerprint density at radius 1 is 1.11 bits per heavy atom. The summed E-state index contributed by atoms with van der Waals surface area (Å²) in [6, 6.07) is 13.3. The highest BCUT2D eigenvalue weighted by atomic mass is 79.9. The Hall–Kier alpha value is -1.13. The normalized spacial score (nSPS) is 10.3. The third kappa shape index (κ3) is 3.91. The van der Waals surface area contributed by atoms with E-state index in [9.17, 15) is 4.79 Å². The molecule has 2 rings (SSSR count). The summed E-state index contributed by atoms with van der Waals surface area (Å²) in [6.07, 6.45) is 0. The first kappa shape index (κ1) is 14.3. The molecule has 0 spiro atoms. The molecule has 0 heterocycles. The lowest BCUT2D eigenvalue weighted by Gasteiger charge is -2.09. The van der Waals surface area contributed by atoms with Gasteiger partial charge in [-0.3, -0.25) is 4.79 Å². The lowest BCUT2D eigenvalue weighted by Crippen LogP contribution is -1.97. The van der Waals surface area contributed by atoms with Crippen LogP contribution in [-0.4, -0.2) is 5.78 Å². The van der Waals surface area contributed by atoms with Crippen LogP contribution in [0.5, 0.6) is 5.75 Å². The van der Waals surface area contributed by atoms with Gasteiger partial charge < -0.3 is 4.74 Å². The topological polar surface area (TPSA) is 26.3 Å². The highest BCUT2D eigenvalue weighted by Gasteiger charge is 2.06. The Kier molecular flexibility index (Phi) is 4.77. The van der Waals surface area contributed by atoms with Gasteiger partial charge in [0.1, 0.15) is 12.4 Å². The number of carbonyl (C=O) groups excluding carboxylic acids is 1. The molecule has 0 fully saturated rings. The van der Waals surface area contributed by atoms with Gasteiger partial charge in [0.15, 0.2) is 5.78 Å². The molecule has 98 valence electrons. The summed E-state index contributed by atoms with van der Waals surface area (Å²) in [4.78, 5) is 11.3. The monoisotopic (exact) mass is 382 g/mol. The van der Waals surface area contributed by atoms with Crippen molar-refractivity contribution >= 4 is 37.6 Å². The summed E-state index contributed by atoms with van der Waals surface area (Å²) < 4.78 is 7.56. The molecule has 0 N–H and O–H groups in total. The van der Waals surface area contributed by atoms with Crippen molar-refractivity contribution < 1.29 is 9.53 Å². The van der Waals surface area contributed by atoms with Gasteiger partial charge in [-0.1, -0.05) is 28.1 Å². The molecule has 0 amide bonds. The molecule has 19 heavy (non-hydrogen) atoms. The van der Waals surface area contributed by atoms with Crippen LogP contribution in [0.2, 0.25) is 0 Å². The maximum absolute atomic E-state index is 11.3. The molecule has 0 radical (unpaired) electrons. The van der Waals surface area contributed by atoms with Crippen molar-refractivity contribution in [3.05, 3.63) is 62.5 Å². The van der Waals surface area contributed by atoms with Gasteiger partial charge in [-0.25, -0.2) is 0 Å². The fourth-order valence-corrected chi connectivity index (χ4v) is 2.34. The lowest BCUT2D eigenvalue weighted by atomic mass is 10.1. The van der Waals surface area contributed by atoms with Crippen molar-refractivity contribution in [2.45, 2.75) is 13.5 Å². The first-order valence-electron chi connectivity index (χ1n) is 5.74. The van der Waals surface area contributed by atoms with Crippen molar-refractivity contribution in [1.82, 2.24) is 0 Å². The van der Waals surface area contributed by atoms with E-state index in [1.54, 1.807) is 25.1 Å². The van der Waals surface area contributed by atoms with Crippen LogP contribution in [0.4, 0.5) is 0 Å². The second-order valence-electron chi connectivity index (χ2n) is 4.12. The fourth-order valence-electron chi connectivity index (χ4n) is 1.58. The van der Waals surface area contributed by atoms with Gasteiger partial charge in [-0.15, -0.1) is 0 Å². The van der Waals surface area contributed by atoms with Crippen molar-refractivity contribution in [2.75, 3.05) is 0 Å². The number of hydrogen-bond donors (Lipinski definition) is 0. The van der Waals surface area contributed by atoms with E-state index < -0.39 is 0 Å². The van der Waals surface area contributed by atoms with Gasteiger partial charge in [0, 0.05) is 10.0 Å². The van der Waals surface area contributed by atoms with E-state index in [1.165, 1.54) is 0 Å². The zero-order chi connectivity index (χ0) is 13.8. The molecule has 0 aliphatic carbocycles. The van der Waals surface area contributed by atoms with Crippen molar-refractivity contribution in [1.29, 1.82) is 0 Å². The number of rotatable bonds is 4. The molecule has 2 nitrogen and oxygen atoms in total. The number of Topliss-reactive ketones (excluding diaryl/α,β-unsaturated/α-hetero) is 1. The minimum absolute atomic E-state index is 0.0418. The van der Waals surface area contributed by atoms with Crippen LogP contribution < -0.4 is 4.74 Å². The summed E-state index contributed by atoms with van der Waals surface area (Å²) in [5.74, 6) is 0.771. The van der Waals surface area contributed by atoms with Gasteiger partial charge in [0.2, 0.25) is 0 Å². The van der Waals surface area contributed by atoms with E-state index in [0.29, 0.717) is 12.2 Å². The predicted octanol–water partition coefficient (Wildman–Crippen LogP) is 4.99. The second-order valence-corrected chi connectivity index (χ2v) is 5.89. The van der Waals surface area contributed by atoms with Crippen LogP contribution in [0, 0.1) is 0 Å². The van der Waals surface area contributed by atoms with E-state index in [1.807, 2.05) is 24.3 Å².